The Bertz CT molecular complexity index is 647. The summed E-state index contributed by atoms with van der Waals surface area (Å²) >= 11 is 0. The summed E-state index contributed by atoms with van der Waals surface area (Å²) in [6.45, 7) is 5.70. The molecule has 0 fully saturated rings. The predicted molar refractivity (Wildman–Crippen MR) is 77.9 cm³/mol. The Hall–Kier alpha value is -2.42. The van der Waals surface area contributed by atoms with Gasteiger partial charge in [-0.1, -0.05) is 43.0 Å². The van der Waals surface area contributed by atoms with E-state index in [1.165, 1.54) is 6.07 Å². The maximum Gasteiger partial charge on any atom is 0.338 e. The molecule has 0 amide bonds. The van der Waals surface area contributed by atoms with E-state index in [2.05, 4.69) is 6.58 Å². The smallest absolute Gasteiger partial charge is 0.338 e. The Labute approximate surface area is 117 Å². The number of hydrogen-bond donors (Lipinski definition) is 0. The second kappa shape index (κ2) is 6.15. The van der Waals surface area contributed by atoms with Gasteiger partial charge in [0.25, 0.3) is 0 Å². The van der Waals surface area contributed by atoms with Gasteiger partial charge in [0.05, 0.1) is 12.2 Å². The first-order valence-electron chi connectivity index (χ1n) is 6.36. The fraction of sp³-hybridized carbons (Fsp3) is 0.118. The number of carbonyl (C=O) groups is 1. The fourth-order valence-electron chi connectivity index (χ4n) is 2.00. The van der Waals surface area contributed by atoms with Gasteiger partial charge in [-0.3, -0.25) is 0 Å². The minimum absolute atomic E-state index is 0.212. The average Bonchev–Trinajstić information content (AvgIpc) is 2.47. The first-order valence-corrected chi connectivity index (χ1v) is 6.36. The van der Waals surface area contributed by atoms with Crippen molar-refractivity contribution in [2.45, 2.75) is 6.92 Å². The number of benzene rings is 2. The second-order valence-corrected chi connectivity index (χ2v) is 4.21. The molecule has 2 aromatic carbocycles. The predicted octanol–water partition coefficient (Wildman–Crippen LogP) is 4.31. The Morgan fingerprint density at radius 2 is 2.00 bits per heavy atom. The highest BCUT2D eigenvalue weighted by molar-refractivity contribution is 5.90. The minimum Gasteiger partial charge on any atom is -0.462 e. The lowest BCUT2D eigenvalue weighted by Gasteiger charge is -2.09. The topological polar surface area (TPSA) is 26.3 Å². The highest BCUT2D eigenvalue weighted by Crippen LogP contribution is 2.27. The minimum atomic E-state index is -0.519. The standard InChI is InChI=1S/C17H15FO2/c1-3-12-7-5-6-8-14(12)15-10-9-13(11-16(15)18)17(19)20-4-2/h3,5-11H,1,4H2,2H3. The van der Waals surface area contributed by atoms with Crippen molar-refractivity contribution in [1.29, 1.82) is 0 Å². The van der Waals surface area contributed by atoms with Gasteiger partial charge in [-0.2, -0.15) is 0 Å². The lowest BCUT2D eigenvalue weighted by atomic mass is 9.98. The third-order valence-corrected chi connectivity index (χ3v) is 2.95. The zero-order chi connectivity index (χ0) is 14.5. The van der Waals surface area contributed by atoms with E-state index < -0.39 is 11.8 Å². The maximum absolute atomic E-state index is 14.2. The maximum atomic E-state index is 14.2. The molecule has 0 aromatic heterocycles. The molecule has 0 aliphatic carbocycles. The van der Waals surface area contributed by atoms with E-state index in [4.69, 9.17) is 4.74 Å². The van der Waals surface area contributed by atoms with Crippen LogP contribution in [0.2, 0.25) is 0 Å². The van der Waals surface area contributed by atoms with Gasteiger partial charge in [0.2, 0.25) is 0 Å². The highest BCUT2D eigenvalue weighted by Gasteiger charge is 2.12. The van der Waals surface area contributed by atoms with Crippen LogP contribution >= 0.6 is 0 Å². The van der Waals surface area contributed by atoms with Crippen LogP contribution in [0, 0.1) is 5.82 Å². The largest absolute Gasteiger partial charge is 0.462 e. The van der Waals surface area contributed by atoms with Crippen molar-refractivity contribution < 1.29 is 13.9 Å². The van der Waals surface area contributed by atoms with Gasteiger partial charge in [0.1, 0.15) is 5.82 Å². The second-order valence-electron chi connectivity index (χ2n) is 4.21. The number of esters is 1. The lowest BCUT2D eigenvalue weighted by molar-refractivity contribution is 0.0526. The first kappa shape index (κ1) is 14.0. The summed E-state index contributed by atoms with van der Waals surface area (Å²) in [7, 11) is 0. The van der Waals surface area contributed by atoms with Crippen molar-refractivity contribution in [3.8, 4) is 11.1 Å². The molecule has 0 aliphatic heterocycles. The Morgan fingerprint density at radius 1 is 1.25 bits per heavy atom. The first-order chi connectivity index (χ1) is 9.67. The van der Waals surface area contributed by atoms with E-state index in [1.54, 1.807) is 25.1 Å². The summed E-state index contributed by atoms with van der Waals surface area (Å²) in [5.41, 5.74) is 2.24. The molecular weight excluding hydrogens is 255 g/mol. The molecule has 0 unspecified atom stereocenters. The van der Waals surface area contributed by atoms with Crippen LogP contribution in [0.1, 0.15) is 22.8 Å². The molecule has 0 spiro atoms. The lowest BCUT2D eigenvalue weighted by Crippen LogP contribution is -2.05. The van der Waals surface area contributed by atoms with Gasteiger partial charge >= 0.3 is 5.97 Å². The number of carbonyl (C=O) groups excluding carboxylic acids is 1. The van der Waals surface area contributed by atoms with Gasteiger partial charge in [-0.15, -0.1) is 0 Å². The molecule has 0 aliphatic rings. The van der Waals surface area contributed by atoms with Gasteiger partial charge < -0.3 is 4.74 Å². The van der Waals surface area contributed by atoms with Crippen molar-refractivity contribution in [2.75, 3.05) is 6.61 Å². The van der Waals surface area contributed by atoms with Crippen LogP contribution in [0.3, 0.4) is 0 Å². The molecule has 0 atom stereocenters. The summed E-state index contributed by atoms with van der Waals surface area (Å²) in [6.07, 6.45) is 1.67. The molecule has 0 radical (unpaired) electrons. The van der Waals surface area contributed by atoms with E-state index in [0.717, 1.165) is 11.1 Å². The van der Waals surface area contributed by atoms with Crippen LogP contribution in [0.4, 0.5) is 4.39 Å². The molecule has 2 nitrogen and oxygen atoms in total. The highest BCUT2D eigenvalue weighted by atomic mass is 19.1. The number of hydrogen-bond acceptors (Lipinski definition) is 2. The molecule has 0 bridgehead atoms. The zero-order valence-electron chi connectivity index (χ0n) is 11.2. The average molecular weight is 270 g/mol. The molecular formula is C17H15FO2. The molecule has 2 aromatic rings. The van der Waals surface area contributed by atoms with Crippen LogP contribution in [0.5, 0.6) is 0 Å². The fourth-order valence-corrected chi connectivity index (χ4v) is 2.00. The third kappa shape index (κ3) is 2.77. The number of ether oxygens (including phenoxy) is 1. The quantitative estimate of drug-likeness (QED) is 0.774. The summed E-state index contributed by atoms with van der Waals surface area (Å²) in [4.78, 5) is 11.6. The van der Waals surface area contributed by atoms with Crippen LogP contribution in [0.15, 0.2) is 49.0 Å². The SMILES string of the molecule is C=Cc1ccccc1-c1ccc(C(=O)OCC)cc1F. The molecule has 0 N–H and O–H groups in total. The van der Waals surface area contributed by atoms with Crippen molar-refractivity contribution in [3.63, 3.8) is 0 Å². The van der Waals surface area contributed by atoms with Gasteiger partial charge in [0, 0.05) is 5.56 Å². The Morgan fingerprint density at radius 3 is 2.65 bits per heavy atom. The van der Waals surface area contributed by atoms with E-state index in [0.29, 0.717) is 5.56 Å². The van der Waals surface area contributed by atoms with Gasteiger partial charge in [0.15, 0.2) is 0 Å². The molecule has 0 saturated carbocycles. The monoisotopic (exact) mass is 270 g/mol. The normalized spacial score (nSPS) is 10.1. The van der Waals surface area contributed by atoms with Crippen LogP contribution in [-0.2, 0) is 4.74 Å². The Kier molecular flexibility index (Phi) is 4.31. The van der Waals surface area contributed by atoms with E-state index in [9.17, 15) is 9.18 Å². The molecule has 3 heteroatoms. The molecule has 20 heavy (non-hydrogen) atoms. The number of rotatable bonds is 4. The van der Waals surface area contributed by atoms with Gasteiger partial charge in [-0.05, 0) is 30.2 Å². The van der Waals surface area contributed by atoms with Crippen molar-refractivity contribution in [1.82, 2.24) is 0 Å². The van der Waals surface area contributed by atoms with Crippen LogP contribution in [0.25, 0.3) is 17.2 Å². The van der Waals surface area contributed by atoms with Crippen LogP contribution in [-0.4, -0.2) is 12.6 Å². The summed E-state index contributed by atoms with van der Waals surface area (Å²) < 4.78 is 19.1. The van der Waals surface area contributed by atoms with Crippen molar-refractivity contribution >= 4 is 12.0 Å². The summed E-state index contributed by atoms with van der Waals surface area (Å²) in [5, 5.41) is 0. The van der Waals surface area contributed by atoms with E-state index in [-0.39, 0.29) is 12.2 Å². The van der Waals surface area contributed by atoms with Crippen molar-refractivity contribution in [2.24, 2.45) is 0 Å². The van der Waals surface area contributed by atoms with E-state index in [1.807, 2.05) is 24.3 Å². The summed E-state index contributed by atoms with van der Waals surface area (Å²) in [6, 6.07) is 11.7. The molecule has 0 saturated heterocycles. The Balaban J connectivity index is 2.44. The third-order valence-electron chi connectivity index (χ3n) is 2.95. The zero-order valence-corrected chi connectivity index (χ0v) is 11.2. The number of halogens is 1. The van der Waals surface area contributed by atoms with Gasteiger partial charge in [-0.25, -0.2) is 9.18 Å². The molecule has 102 valence electrons. The molecule has 2 rings (SSSR count). The summed E-state index contributed by atoms with van der Waals surface area (Å²) in [5.74, 6) is -0.972. The van der Waals surface area contributed by atoms with Crippen molar-refractivity contribution in [3.05, 3.63) is 66.0 Å². The van der Waals surface area contributed by atoms with Crippen LogP contribution < -0.4 is 0 Å². The molecule has 0 heterocycles. The van der Waals surface area contributed by atoms with E-state index >= 15 is 0 Å².